The minimum Gasteiger partial charge on any atom is -0.507 e. The average Bonchev–Trinajstić information content (AvgIpc) is 2.90. The van der Waals surface area contributed by atoms with Gasteiger partial charge in [-0.2, -0.15) is 0 Å². The van der Waals surface area contributed by atoms with E-state index in [1.54, 1.807) is 4.90 Å². The standard InChI is InChI=1S/C15H21FN2O2/c1-10(2)18(9-12-4-3-7-17-12)15(20)13-8-11(16)5-6-14(13)19/h5-6,8,10,12,17,19H,3-4,7,9H2,1-2H3. The molecule has 1 fully saturated rings. The van der Waals surface area contributed by atoms with Gasteiger partial charge in [0.1, 0.15) is 11.6 Å². The molecule has 1 aromatic carbocycles. The van der Waals surface area contributed by atoms with E-state index in [0.29, 0.717) is 6.54 Å². The number of phenols is 1. The summed E-state index contributed by atoms with van der Waals surface area (Å²) in [5.41, 5.74) is 0.0247. The second-order valence-electron chi connectivity index (χ2n) is 5.51. The van der Waals surface area contributed by atoms with E-state index in [0.717, 1.165) is 31.5 Å². The molecule has 0 bridgehead atoms. The van der Waals surface area contributed by atoms with E-state index >= 15 is 0 Å². The number of nitrogens with one attached hydrogen (secondary N) is 1. The number of rotatable bonds is 4. The molecule has 1 aliphatic heterocycles. The van der Waals surface area contributed by atoms with Crippen LogP contribution in [-0.2, 0) is 0 Å². The topological polar surface area (TPSA) is 52.6 Å². The first-order valence-electron chi connectivity index (χ1n) is 7.02. The Morgan fingerprint density at radius 2 is 2.30 bits per heavy atom. The molecule has 4 nitrogen and oxygen atoms in total. The van der Waals surface area contributed by atoms with Crippen LogP contribution in [0.1, 0.15) is 37.0 Å². The van der Waals surface area contributed by atoms with Crippen molar-refractivity contribution < 1.29 is 14.3 Å². The van der Waals surface area contributed by atoms with Gasteiger partial charge in [-0.1, -0.05) is 0 Å². The molecule has 5 heteroatoms. The summed E-state index contributed by atoms with van der Waals surface area (Å²) in [5.74, 6) is -1.03. The first-order chi connectivity index (χ1) is 9.49. The van der Waals surface area contributed by atoms with Crippen molar-refractivity contribution in [3.63, 3.8) is 0 Å². The van der Waals surface area contributed by atoms with Gasteiger partial charge in [-0.25, -0.2) is 4.39 Å². The van der Waals surface area contributed by atoms with Gasteiger partial charge in [-0.05, 0) is 51.4 Å². The van der Waals surface area contributed by atoms with Crippen molar-refractivity contribution in [1.29, 1.82) is 0 Å². The highest BCUT2D eigenvalue weighted by Crippen LogP contribution is 2.21. The second kappa shape index (κ2) is 6.22. The number of hydrogen-bond donors (Lipinski definition) is 2. The zero-order valence-electron chi connectivity index (χ0n) is 11.9. The molecule has 0 aromatic heterocycles. The molecule has 1 saturated heterocycles. The first kappa shape index (κ1) is 14.8. The Hall–Kier alpha value is -1.62. The smallest absolute Gasteiger partial charge is 0.258 e. The fourth-order valence-electron chi connectivity index (χ4n) is 2.51. The summed E-state index contributed by atoms with van der Waals surface area (Å²) < 4.78 is 13.3. The third-order valence-electron chi connectivity index (χ3n) is 3.65. The SMILES string of the molecule is CC(C)N(CC1CCCN1)C(=O)c1cc(F)ccc1O. The van der Waals surface area contributed by atoms with Gasteiger partial charge in [-0.15, -0.1) is 0 Å². The van der Waals surface area contributed by atoms with E-state index in [-0.39, 0.29) is 29.3 Å². The zero-order chi connectivity index (χ0) is 14.7. The molecule has 1 heterocycles. The Morgan fingerprint density at radius 3 is 2.90 bits per heavy atom. The third kappa shape index (κ3) is 3.28. The van der Waals surface area contributed by atoms with E-state index in [9.17, 15) is 14.3 Å². The molecular formula is C15H21FN2O2. The Balaban J connectivity index is 2.19. The lowest BCUT2D eigenvalue weighted by Crippen LogP contribution is -2.44. The quantitative estimate of drug-likeness (QED) is 0.888. The molecule has 1 aromatic rings. The van der Waals surface area contributed by atoms with Crippen molar-refractivity contribution in [1.82, 2.24) is 10.2 Å². The maximum atomic E-state index is 13.3. The van der Waals surface area contributed by atoms with E-state index < -0.39 is 5.82 Å². The Kier molecular flexibility index (Phi) is 4.60. The monoisotopic (exact) mass is 280 g/mol. The van der Waals surface area contributed by atoms with Gasteiger partial charge < -0.3 is 15.3 Å². The van der Waals surface area contributed by atoms with Crippen molar-refractivity contribution in [3.05, 3.63) is 29.6 Å². The van der Waals surface area contributed by atoms with Crippen LogP contribution in [0, 0.1) is 5.82 Å². The molecule has 2 N–H and O–H groups in total. The number of amides is 1. The predicted molar refractivity (Wildman–Crippen MR) is 75.3 cm³/mol. The minimum absolute atomic E-state index is 0.00688. The molecule has 2 rings (SSSR count). The third-order valence-corrected chi connectivity index (χ3v) is 3.65. The minimum atomic E-state index is -0.520. The molecule has 20 heavy (non-hydrogen) atoms. The van der Waals surface area contributed by atoms with Crippen LogP contribution in [0.5, 0.6) is 5.75 Å². The van der Waals surface area contributed by atoms with E-state index in [4.69, 9.17) is 0 Å². The number of nitrogens with zero attached hydrogens (tertiary/aromatic N) is 1. The fraction of sp³-hybridized carbons (Fsp3) is 0.533. The molecule has 1 atom stereocenters. The molecule has 110 valence electrons. The summed E-state index contributed by atoms with van der Waals surface area (Å²) in [6.07, 6.45) is 2.14. The van der Waals surface area contributed by atoms with Gasteiger partial charge in [0.15, 0.2) is 0 Å². The summed E-state index contributed by atoms with van der Waals surface area (Å²) in [6, 6.07) is 3.72. The summed E-state index contributed by atoms with van der Waals surface area (Å²) in [5, 5.41) is 13.1. The van der Waals surface area contributed by atoms with Crippen LogP contribution in [0.25, 0.3) is 0 Å². The lowest BCUT2D eigenvalue weighted by Gasteiger charge is -2.29. The molecule has 0 spiro atoms. The Bertz CT molecular complexity index is 485. The van der Waals surface area contributed by atoms with Crippen LogP contribution in [-0.4, -0.2) is 41.1 Å². The molecular weight excluding hydrogens is 259 g/mol. The lowest BCUT2D eigenvalue weighted by molar-refractivity contribution is 0.0685. The van der Waals surface area contributed by atoms with Gasteiger partial charge in [0.25, 0.3) is 5.91 Å². The predicted octanol–water partition coefficient (Wildman–Crippen LogP) is 2.13. The zero-order valence-corrected chi connectivity index (χ0v) is 11.9. The molecule has 0 radical (unpaired) electrons. The van der Waals surface area contributed by atoms with Crippen molar-refractivity contribution >= 4 is 5.91 Å². The van der Waals surface area contributed by atoms with Crippen LogP contribution in [0.4, 0.5) is 4.39 Å². The maximum Gasteiger partial charge on any atom is 0.258 e. The number of halogens is 1. The van der Waals surface area contributed by atoms with E-state index in [2.05, 4.69) is 5.32 Å². The molecule has 0 aliphatic carbocycles. The highest BCUT2D eigenvalue weighted by atomic mass is 19.1. The number of carbonyl (C=O) groups is 1. The summed E-state index contributed by atoms with van der Waals surface area (Å²) in [4.78, 5) is 14.2. The van der Waals surface area contributed by atoms with Crippen LogP contribution in [0.15, 0.2) is 18.2 Å². The first-order valence-corrected chi connectivity index (χ1v) is 7.02. The average molecular weight is 280 g/mol. The van der Waals surface area contributed by atoms with Gasteiger partial charge in [0.05, 0.1) is 5.56 Å². The van der Waals surface area contributed by atoms with E-state index in [1.807, 2.05) is 13.8 Å². The van der Waals surface area contributed by atoms with Crippen molar-refractivity contribution in [2.45, 2.75) is 38.8 Å². The van der Waals surface area contributed by atoms with Crippen LogP contribution in [0.2, 0.25) is 0 Å². The number of phenolic OH excluding ortho intramolecular Hbond substituents is 1. The number of hydrogen-bond acceptors (Lipinski definition) is 3. The second-order valence-corrected chi connectivity index (χ2v) is 5.51. The van der Waals surface area contributed by atoms with Gasteiger partial charge >= 0.3 is 0 Å². The van der Waals surface area contributed by atoms with Crippen molar-refractivity contribution in [3.8, 4) is 5.75 Å². The summed E-state index contributed by atoms with van der Waals surface area (Å²) in [6.45, 7) is 5.38. The van der Waals surface area contributed by atoms with Crippen LogP contribution in [0.3, 0.4) is 0 Å². The maximum absolute atomic E-state index is 13.3. The summed E-state index contributed by atoms with van der Waals surface area (Å²) >= 11 is 0. The van der Waals surface area contributed by atoms with Crippen LogP contribution >= 0.6 is 0 Å². The molecule has 1 aliphatic rings. The number of carbonyl (C=O) groups excluding carboxylic acids is 1. The van der Waals surface area contributed by atoms with Gasteiger partial charge in [-0.3, -0.25) is 4.79 Å². The molecule has 1 amide bonds. The molecule has 1 unspecified atom stereocenters. The van der Waals surface area contributed by atoms with E-state index in [1.165, 1.54) is 6.07 Å². The van der Waals surface area contributed by atoms with Crippen molar-refractivity contribution in [2.75, 3.05) is 13.1 Å². The lowest BCUT2D eigenvalue weighted by atomic mass is 10.1. The largest absolute Gasteiger partial charge is 0.507 e. The van der Waals surface area contributed by atoms with Gasteiger partial charge in [0, 0.05) is 18.6 Å². The number of benzene rings is 1. The Labute approximate surface area is 118 Å². The Morgan fingerprint density at radius 1 is 1.55 bits per heavy atom. The molecule has 0 saturated carbocycles. The highest BCUT2D eigenvalue weighted by Gasteiger charge is 2.26. The van der Waals surface area contributed by atoms with Gasteiger partial charge in [0.2, 0.25) is 0 Å². The van der Waals surface area contributed by atoms with Crippen LogP contribution < -0.4 is 5.32 Å². The van der Waals surface area contributed by atoms with Crippen molar-refractivity contribution in [2.24, 2.45) is 0 Å². The normalized spacial score (nSPS) is 18.5. The highest BCUT2D eigenvalue weighted by molar-refractivity contribution is 5.97. The fourth-order valence-corrected chi connectivity index (χ4v) is 2.51. The number of aromatic hydroxyl groups is 1. The summed E-state index contributed by atoms with van der Waals surface area (Å²) in [7, 11) is 0.